The molecule has 0 saturated carbocycles. The Morgan fingerprint density at radius 3 is 2.82 bits per heavy atom. The summed E-state index contributed by atoms with van der Waals surface area (Å²) in [4.78, 5) is 12.8. The molecule has 1 N–H and O–H groups in total. The molecular weight excluding hydrogens is 222 g/mol. The zero-order valence-corrected chi connectivity index (χ0v) is 10.5. The van der Waals surface area contributed by atoms with Gasteiger partial charge in [0.25, 0.3) is 0 Å². The predicted octanol–water partition coefficient (Wildman–Crippen LogP) is 1.51. The van der Waals surface area contributed by atoms with E-state index in [1.807, 2.05) is 24.9 Å². The summed E-state index contributed by atoms with van der Waals surface area (Å²) in [5, 5.41) is 8.96. The minimum atomic E-state index is -0.928. The Bertz CT molecular complexity index is 361. The van der Waals surface area contributed by atoms with Gasteiger partial charge in [-0.1, -0.05) is 0 Å². The lowest BCUT2D eigenvalue weighted by atomic mass is 10.2. The van der Waals surface area contributed by atoms with Gasteiger partial charge >= 0.3 is 5.97 Å². The number of rotatable bonds is 7. The fourth-order valence-corrected chi connectivity index (χ4v) is 1.62. The summed E-state index contributed by atoms with van der Waals surface area (Å²) in [5.41, 5.74) is 1.06. The summed E-state index contributed by atoms with van der Waals surface area (Å²) in [7, 11) is 1.86. The van der Waals surface area contributed by atoms with Crippen LogP contribution >= 0.6 is 0 Å². The normalized spacial score (nSPS) is 12.9. The largest absolute Gasteiger partial charge is 0.479 e. The Morgan fingerprint density at radius 1 is 1.65 bits per heavy atom. The third-order valence-electron chi connectivity index (χ3n) is 2.53. The van der Waals surface area contributed by atoms with Crippen molar-refractivity contribution in [2.45, 2.75) is 26.5 Å². The molecule has 1 unspecified atom stereocenters. The van der Waals surface area contributed by atoms with Gasteiger partial charge in [0.2, 0.25) is 0 Å². The van der Waals surface area contributed by atoms with E-state index in [9.17, 15) is 4.79 Å². The molecule has 5 heteroatoms. The number of aryl methyl sites for hydroxylation is 1. The van der Waals surface area contributed by atoms with Gasteiger partial charge in [0.1, 0.15) is 5.76 Å². The number of hydrogen-bond donors (Lipinski definition) is 1. The van der Waals surface area contributed by atoms with Crippen LogP contribution in [0.1, 0.15) is 18.2 Å². The van der Waals surface area contributed by atoms with Crippen molar-refractivity contribution in [2.24, 2.45) is 0 Å². The number of furan rings is 1. The van der Waals surface area contributed by atoms with E-state index in [0.29, 0.717) is 19.7 Å². The van der Waals surface area contributed by atoms with Crippen LogP contribution in [0.2, 0.25) is 0 Å². The molecule has 1 atom stereocenters. The molecular formula is C12H19NO4. The van der Waals surface area contributed by atoms with Crippen LogP contribution in [0, 0.1) is 6.92 Å². The van der Waals surface area contributed by atoms with E-state index < -0.39 is 12.1 Å². The number of carbonyl (C=O) groups is 1. The number of likely N-dealkylation sites (N-methyl/N-ethyl adjacent to an activating group) is 1. The van der Waals surface area contributed by atoms with Crippen molar-refractivity contribution in [1.82, 2.24) is 4.90 Å². The minimum absolute atomic E-state index is 0.355. The van der Waals surface area contributed by atoms with Crippen LogP contribution in [0.5, 0.6) is 0 Å². The van der Waals surface area contributed by atoms with Crippen LogP contribution in [0.4, 0.5) is 0 Å². The highest BCUT2D eigenvalue weighted by atomic mass is 16.5. The number of ether oxygens (including phenoxy) is 1. The van der Waals surface area contributed by atoms with E-state index in [1.165, 1.54) is 0 Å². The number of carboxylic acids is 1. The van der Waals surface area contributed by atoms with Gasteiger partial charge in [0.15, 0.2) is 6.10 Å². The van der Waals surface area contributed by atoms with Gasteiger partial charge in [-0.25, -0.2) is 4.79 Å². The van der Waals surface area contributed by atoms with Crippen LogP contribution < -0.4 is 0 Å². The second-order valence-corrected chi connectivity index (χ2v) is 3.98. The Balaban J connectivity index is 2.50. The molecule has 96 valence electrons. The van der Waals surface area contributed by atoms with Crippen molar-refractivity contribution in [2.75, 3.05) is 20.2 Å². The first kappa shape index (κ1) is 13.7. The van der Waals surface area contributed by atoms with Crippen molar-refractivity contribution in [3.05, 3.63) is 23.7 Å². The van der Waals surface area contributed by atoms with Gasteiger partial charge in [0, 0.05) is 25.3 Å². The Labute approximate surface area is 101 Å². The molecule has 1 aromatic heterocycles. The number of carboxylic acid groups (broad SMARTS) is 1. The van der Waals surface area contributed by atoms with Gasteiger partial charge in [-0.05, 0) is 27.0 Å². The summed E-state index contributed by atoms with van der Waals surface area (Å²) < 4.78 is 10.3. The second kappa shape index (κ2) is 6.42. The maximum absolute atomic E-state index is 10.9. The quantitative estimate of drug-likeness (QED) is 0.784. The van der Waals surface area contributed by atoms with Gasteiger partial charge in [-0.15, -0.1) is 0 Å². The minimum Gasteiger partial charge on any atom is -0.479 e. The Hall–Kier alpha value is -1.33. The molecule has 1 aromatic rings. The first-order valence-electron chi connectivity index (χ1n) is 5.60. The van der Waals surface area contributed by atoms with Gasteiger partial charge < -0.3 is 14.3 Å². The van der Waals surface area contributed by atoms with Crippen LogP contribution in [0.25, 0.3) is 0 Å². The molecule has 0 radical (unpaired) electrons. The second-order valence-electron chi connectivity index (χ2n) is 3.98. The lowest BCUT2D eigenvalue weighted by Gasteiger charge is -2.20. The summed E-state index contributed by atoms with van der Waals surface area (Å²) in [6, 6.07) is 1.89. The molecule has 17 heavy (non-hydrogen) atoms. The SMILES string of the molecule is CCOC(CN(C)Cc1ccoc1C)C(=O)O. The summed E-state index contributed by atoms with van der Waals surface area (Å²) in [5.74, 6) is -0.0669. The highest BCUT2D eigenvalue weighted by molar-refractivity contribution is 5.72. The monoisotopic (exact) mass is 241 g/mol. The Kier molecular flexibility index (Phi) is 5.18. The average Bonchev–Trinajstić information content (AvgIpc) is 2.63. The van der Waals surface area contributed by atoms with E-state index in [2.05, 4.69) is 0 Å². The molecule has 0 aliphatic heterocycles. The van der Waals surface area contributed by atoms with Crippen molar-refractivity contribution in [3.8, 4) is 0 Å². The summed E-state index contributed by atoms with van der Waals surface area (Å²) >= 11 is 0. The molecule has 0 fully saturated rings. The first-order valence-corrected chi connectivity index (χ1v) is 5.60. The fourth-order valence-electron chi connectivity index (χ4n) is 1.62. The highest BCUT2D eigenvalue weighted by Gasteiger charge is 2.19. The Morgan fingerprint density at radius 2 is 2.35 bits per heavy atom. The van der Waals surface area contributed by atoms with E-state index in [-0.39, 0.29) is 0 Å². The van der Waals surface area contributed by atoms with E-state index >= 15 is 0 Å². The highest BCUT2D eigenvalue weighted by Crippen LogP contribution is 2.11. The fraction of sp³-hybridized carbons (Fsp3) is 0.583. The smallest absolute Gasteiger partial charge is 0.334 e. The van der Waals surface area contributed by atoms with Crippen LogP contribution in [0.15, 0.2) is 16.7 Å². The predicted molar refractivity (Wildman–Crippen MR) is 62.8 cm³/mol. The van der Waals surface area contributed by atoms with Crippen LogP contribution in [-0.4, -0.2) is 42.3 Å². The molecule has 1 heterocycles. The van der Waals surface area contributed by atoms with Crippen molar-refractivity contribution < 1.29 is 19.1 Å². The van der Waals surface area contributed by atoms with Crippen LogP contribution in [0.3, 0.4) is 0 Å². The molecule has 0 amide bonds. The zero-order valence-electron chi connectivity index (χ0n) is 10.5. The average molecular weight is 241 g/mol. The van der Waals surface area contributed by atoms with Gasteiger partial charge in [-0.2, -0.15) is 0 Å². The third-order valence-corrected chi connectivity index (χ3v) is 2.53. The van der Waals surface area contributed by atoms with E-state index in [1.54, 1.807) is 13.2 Å². The van der Waals surface area contributed by atoms with Crippen molar-refractivity contribution >= 4 is 5.97 Å². The summed E-state index contributed by atoms with van der Waals surface area (Å²) in [6.45, 7) is 5.08. The molecule has 0 aliphatic carbocycles. The first-order chi connectivity index (χ1) is 8.04. The van der Waals surface area contributed by atoms with Crippen molar-refractivity contribution in [3.63, 3.8) is 0 Å². The maximum Gasteiger partial charge on any atom is 0.334 e. The summed E-state index contributed by atoms with van der Waals surface area (Å²) in [6.07, 6.45) is 0.854. The molecule has 0 spiro atoms. The lowest BCUT2D eigenvalue weighted by Crippen LogP contribution is -2.36. The van der Waals surface area contributed by atoms with Crippen LogP contribution in [-0.2, 0) is 16.1 Å². The molecule has 0 aliphatic rings. The molecule has 1 rings (SSSR count). The molecule has 0 bridgehead atoms. The standard InChI is InChI=1S/C12H19NO4/c1-4-16-11(12(14)15)8-13(3)7-10-5-6-17-9(10)2/h5-6,11H,4,7-8H2,1-3H3,(H,14,15). The van der Waals surface area contributed by atoms with Gasteiger partial charge in [0.05, 0.1) is 6.26 Å². The third kappa shape index (κ3) is 4.20. The number of hydrogen-bond acceptors (Lipinski definition) is 4. The number of aliphatic carboxylic acids is 1. The van der Waals surface area contributed by atoms with E-state index in [0.717, 1.165) is 11.3 Å². The maximum atomic E-state index is 10.9. The topological polar surface area (TPSA) is 62.9 Å². The zero-order chi connectivity index (χ0) is 12.8. The van der Waals surface area contributed by atoms with Gasteiger partial charge in [-0.3, -0.25) is 4.90 Å². The molecule has 5 nitrogen and oxygen atoms in total. The van der Waals surface area contributed by atoms with E-state index in [4.69, 9.17) is 14.3 Å². The molecule has 0 saturated heterocycles. The number of nitrogens with zero attached hydrogens (tertiary/aromatic N) is 1. The van der Waals surface area contributed by atoms with Crippen molar-refractivity contribution in [1.29, 1.82) is 0 Å². The molecule has 0 aromatic carbocycles. The lowest BCUT2D eigenvalue weighted by molar-refractivity contribution is -0.151.